The fraction of sp³-hybridized carbons (Fsp3) is 0.833. The highest BCUT2D eigenvalue weighted by Gasteiger charge is 2.06. The molecule has 0 spiro atoms. The Morgan fingerprint density at radius 1 is 1.00 bits per heavy atom. The molecule has 0 fully saturated rings. The summed E-state index contributed by atoms with van der Waals surface area (Å²) in [6.45, 7) is 4.13. The first kappa shape index (κ1) is 20.2. The Labute approximate surface area is 130 Å². The van der Waals surface area contributed by atoms with Crippen LogP contribution in [-0.4, -0.2) is 23.8 Å². The maximum Gasteiger partial charge on any atom is 0.305 e. The van der Waals surface area contributed by atoms with E-state index in [4.69, 9.17) is 4.74 Å². The summed E-state index contributed by atoms with van der Waals surface area (Å²) in [5.74, 6) is -0.236. The van der Waals surface area contributed by atoms with Crippen LogP contribution < -0.4 is 0 Å². The molecule has 3 heteroatoms. The molecule has 1 N–H and O–H groups in total. The molecule has 0 amide bonds. The van der Waals surface area contributed by atoms with Gasteiger partial charge in [0.25, 0.3) is 0 Å². The second-order valence-corrected chi connectivity index (χ2v) is 5.65. The van der Waals surface area contributed by atoms with Crippen molar-refractivity contribution in [3.05, 3.63) is 12.2 Å². The van der Waals surface area contributed by atoms with E-state index in [0.717, 1.165) is 19.3 Å². The summed E-state index contributed by atoms with van der Waals surface area (Å²) in [4.78, 5) is 10.9. The van der Waals surface area contributed by atoms with Crippen LogP contribution in [0.5, 0.6) is 0 Å². The van der Waals surface area contributed by atoms with E-state index >= 15 is 0 Å². The van der Waals surface area contributed by atoms with Gasteiger partial charge in [0, 0.05) is 6.42 Å². The SMILES string of the molecule is CCCCC/C=C\CCCCCCC(O)COC(=O)CC. The summed E-state index contributed by atoms with van der Waals surface area (Å²) in [6.07, 6.45) is 16.1. The number of rotatable bonds is 14. The van der Waals surface area contributed by atoms with E-state index in [-0.39, 0.29) is 12.6 Å². The summed E-state index contributed by atoms with van der Waals surface area (Å²) >= 11 is 0. The van der Waals surface area contributed by atoms with Crippen LogP contribution >= 0.6 is 0 Å². The zero-order valence-corrected chi connectivity index (χ0v) is 14.0. The Morgan fingerprint density at radius 3 is 2.24 bits per heavy atom. The Morgan fingerprint density at radius 2 is 1.62 bits per heavy atom. The van der Waals surface area contributed by atoms with Gasteiger partial charge in [0.2, 0.25) is 0 Å². The van der Waals surface area contributed by atoms with Crippen molar-refractivity contribution in [2.75, 3.05) is 6.61 Å². The quantitative estimate of drug-likeness (QED) is 0.285. The number of carbonyl (C=O) groups excluding carboxylic acids is 1. The van der Waals surface area contributed by atoms with Crippen LogP contribution in [0.15, 0.2) is 12.2 Å². The molecule has 0 saturated heterocycles. The van der Waals surface area contributed by atoms with E-state index in [1.165, 1.54) is 44.9 Å². The van der Waals surface area contributed by atoms with Gasteiger partial charge in [-0.1, -0.05) is 58.1 Å². The van der Waals surface area contributed by atoms with E-state index in [2.05, 4.69) is 19.1 Å². The Bertz CT molecular complexity index is 261. The number of ether oxygens (including phenoxy) is 1. The number of unbranched alkanes of at least 4 members (excludes halogenated alkanes) is 7. The molecule has 0 aromatic rings. The van der Waals surface area contributed by atoms with E-state index < -0.39 is 6.10 Å². The van der Waals surface area contributed by atoms with Gasteiger partial charge in [-0.25, -0.2) is 0 Å². The van der Waals surface area contributed by atoms with Crippen molar-refractivity contribution in [2.45, 2.75) is 90.6 Å². The minimum Gasteiger partial charge on any atom is -0.463 e. The largest absolute Gasteiger partial charge is 0.463 e. The topological polar surface area (TPSA) is 46.5 Å². The second-order valence-electron chi connectivity index (χ2n) is 5.65. The minimum absolute atomic E-state index is 0.146. The first-order valence-electron chi connectivity index (χ1n) is 8.69. The molecule has 0 radical (unpaired) electrons. The van der Waals surface area contributed by atoms with Crippen molar-refractivity contribution in [2.24, 2.45) is 0 Å². The van der Waals surface area contributed by atoms with Gasteiger partial charge in [0.15, 0.2) is 0 Å². The van der Waals surface area contributed by atoms with Crippen molar-refractivity contribution in [1.29, 1.82) is 0 Å². The lowest BCUT2D eigenvalue weighted by Gasteiger charge is -2.10. The lowest BCUT2D eigenvalue weighted by Crippen LogP contribution is -2.18. The van der Waals surface area contributed by atoms with Gasteiger partial charge in [0.05, 0.1) is 6.10 Å². The van der Waals surface area contributed by atoms with Gasteiger partial charge in [-0.3, -0.25) is 4.79 Å². The average molecular weight is 298 g/mol. The molecule has 0 bridgehead atoms. The van der Waals surface area contributed by atoms with Crippen molar-refractivity contribution >= 4 is 5.97 Å². The average Bonchev–Trinajstić information content (AvgIpc) is 2.50. The third kappa shape index (κ3) is 15.4. The van der Waals surface area contributed by atoms with Crippen molar-refractivity contribution < 1.29 is 14.6 Å². The maximum atomic E-state index is 10.9. The molecular formula is C18H34O3. The summed E-state index contributed by atoms with van der Waals surface area (Å²) < 4.78 is 4.91. The zero-order valence-electron chi connectivity index (χ0n) is 14.0. The molecule has 0 aliphatic rings. The van der Waals surface area contributed by atoms with Crippen LogP contribution in [0, 0.1) is 0 Å². The monoisotopic (exact) mass is 298 g/mol. The molecule has 0 saturated carbocycles. The van der Waals surface area contributed by atoms with Crippen LogP contribution in [0.1, 0.15) is 84.5 Å². The first-order valence-corrected chi connectivity index (χ1v) is 8.69. The molecule has 0 aromatic heterocycles. The fourth-order valence-corrected chi connectivity index (χ4v) is 2.12. The molecule has 21 heavy (non-hydrogen) atoms. The minimum atomic E-state index is -0.501. The van der Waals surface area contributed by atoms with Crippen molar-refractivity contribution in [3.63, 3.8) is 0 Å². The predicted octanol–water partition coefficient (Wildman–Crippen LogP) is 4.78. The van der Waals surface area contributed by atoms with Crippen molar-refractivity contribution in [1.82, 2.24) is 0 Å². The standard InChI is InChI=1S/C18H34O3/c1-3-5-6-7-8-9-10-11-12-13-14-15-17(19)16-21-18(20)4-2/h8-9,17,19H,3-7,10-16H2,1-2H3/b9-8-. The smallest absolute Gasteiger partial charge is 0.305 e. The first-order chi connectivity index (χ1) is 10.2. The molecule has 1 atom stereocenters. The highest BCUT2D eigenvalue weighted by atomic mass is 16.5. The van der Waals surface area contributed by atoms with Gasteiger partial charge < -0.3 is 9.84 Å². The highest BCUT2D eigenvalue weighted by Crippen LogP contribution is 2.09. The fourth-order valence-electron chi connectivity index (χ4n) is 2.12. The number of hydrogen-bond donors (Lipinski definition) is 1. The number of allylic oxidation sites excluding steroid dienone is 2. The van der Waals surface area contributed by atoms with Gasteiger partial charge in [-0.05, 0) is 32.1 Å². The maximum absolute atomic E-state index is 10.9. The number of hydrogen-bond acceptors (Lipinski definition) is 3. The Hall–Kier alpha value is -0.830. The van der Waals surface area contributed by atoms with Crippen LogP contribution in [0.2, 0.25) is 0 Å². The van der Waals surface area contributed by atoms with Crippen LogP contribution in [-0.2, 0) is 9.53 Å². The van der Waals surface area contributed by atoms with E-state index in [1.807, 2.05) is 0 Å². The molecule has 0 aliphatic heterocycles. The third-order valence-electron chi connectivity index (χ3n) is 3.52. The van der Waals surface area contributed by atoms with E-state index in [1.54, 1.807) is 6.92 Å². The molecular weight excluding hydrogens is 264 g/mol. The molecule has 0 aromatic carbocycles. The lowest BCUT2D eigenvalue weighted by molar-refractivity contribution is -0.146. The molecule has 124 valence electrons. The summed E-state index contributed by atoms with van der Waals surface area (Å²) in [5, 5.41) is 9.65. The highest BCUT2D eigenvalue weighted by molar-refractivity contribution is 5.68. The van der Waals surface area contributed by atoms with Crippen molar-refractivity contribution in [3.8, 4) is 0 Å². The molecule has 0 aliphatic carbocycles. The van der Waals surface area contributed by atoms with Gasteiger partial charge in [-0.2, -0.15) is 0 Å². The number of aliphatic hydroxyl groups is 1. The molecule has 0 heterocycles. The zero-order chi connectivity index (χ0) is 15.8. The van der Waals surface area contributed by atoms with Crippen LogP contribution in [0.3, 0.4) is 0 Å². The summed E-state index contributed by atoms with van der Waals surface area (Å²) in [6, 6.07) is 0. The van der Waals surface area contributed by atoms with Gasteiger partial charge in [0.1, 0.15) is 6.61 Å². The second kappa shape index (κ2) is 15.6. The van der Waals surface area contributed by atoms with E-state index in [9.17, 15) is 9.90 Å². The molecule has 1 unspecified atom stereocenters. The lowest BCUT2D eigenvalue weighted by atomic mass is 10.1. The van der Waals surface area contributed by atoms with Crippen LogP contribution in [0.4, 0.5) is 0 Å². The van der Waals surface area contributed by atoms with Gasteiger partial charge in [-0.15, -0.1) is 0 Å². The molecule has 0 rings (SSSR count). The molecule has 3 nitrogen and oxygen atoms in total. The predicted molar refractivity (Wildman–Crippen MR) is 88.2 cm³/mol. The number of aliphatic hydroxyl groups excluding tert-OH is 1. The summed E-state index contributed by atoms with van der Waals surface area (Å²) in [7, 11) is 0. The normalized spacial score (nSPS) is 12.7. The van der Waals surface area contributed by atoms with E-state index in [0.29, 0.717) is 6.42 Å². The van der Waals surface area contributed by atoms with Gasteiger partial charge >= 0.3 is 5.97 Å². The summed E-state index contributed by atoms with van der Waals surface area (Å²) in [5.41, 5.74) is 0. The Kier molecular flexibility index (Phi) is 14.9. The number of carbonyl (C=O) groups is 1. The van der Waals surface area contributed by atoms with Crippen LogP contribution in [0.25, 0.3) is 0 Å². The third-order valence-corrected chi connectivity index (χ3v) is 3.52. The number of esters is 1. The Balaban J connectivity index is 3.26.